The van der Waals surface area contributed by atoms with Crippen LogP contribution in [0.1, 0.15) is 86.5 Å². The van der Waals surface area contributed by atoms with Crippen molar-refractivity contribution in [3.05, 3.63) is 22.6 Å². The van der Waals surface area contributed by atoms with Gasteiger partial charge in [0.2, 0.25) is 5.91 Å². The summed E-state index contributed by atoms with van der Waals surface area (Å²) in [6, 6.07) is -0.135. The van der Waals surface area contributed by atoms with Crippen molar-refractivity contribution in [3.8, 4) is 0 Å². The molecule has 3 aliphatic rings. The summed E-state index contributed by atoms with van der Waals surface area (Å²) in [5.74, 6) is 2.04. The van der Waals surface area contributed by atoms with Crippen molar-refractivity contribution in [2.45, 2.75) is 97.9 Å². The van der Waals surface area contributed by atoms with Gasteiger partial charge in [0, 0.05) is 29.9 Å². The Morgan fingerprint density at radius 2 is 1.81 bits per heavy atom. The molecule has 1 amide bonds. The maximum Gasteiger partial charge on any atom is 0.240 e. The van der Waals surface area contributed by atoms with Gasteiger partial charge in [-0.15, -0.1) is 11.6 Å². The molecule has 222 valence electrons. The van der Waals surface area contributed by atoms with Crippen molar-refractivity contribution in [2.75, 3.05) is 19.6 Å². The molecule has 37 heavy (non-hydrogen) atoms. The van der Waals surface area contributed by atoms with Crippen molar-refractivity contribution in [1.82, 2.24) is 10.2 Å². The fourth-order valence-electron chi connectivity index (χ4n) is 6.06. The summed E-state index contributed by atoms with van der Waals surface area (Å²) in [5.41, 5.74) is 1.40. The summed E-state index contributed by atoms with van der Waals surface area (Å²) in [6.07, 6.45) is 13.4. The third kappa shape index (κ3) is 10.8. The number of rotatable bonds is 8. The molecule has 0 aromatic rings. The van der Waals surface area contributed by atoms with Crippen LogP contribution >= 0.6 is 23.5 Å². The van der Waals surface area contributed by atoms with Crippen LogP contribution in [0.4, 0.5) is 0 Å². The Bertz CT molecular complexity index is 714. The van der Waals surface area contributed by atoms with Crippen molar-refractivity contribution < 1.29 is 26.7 Å². The molecule has 11 N–H and O–H groups in total. The average Bonchev–Trinajstić information content (AvgIpc) is 2.79. The summed E-state index contributed by atoms with van der Waals surface area (Å²) in [5, 5.41) is 9.75. The molecule has 1 unspecified atom stereocenters. The second-order valence-electron chi connectivity index (χ2n) is 10.9. The standard InChI is InChI=1S/C26H44ClN3OS.CH4.4H2O/c1-5-18(2)24(29-16-19-7-6-8-22(15-19)32-28)25(31)30-14-13-23(26(3,4)17-30)20-9-11-21(27)12-10-20;;;;;/h7,15,18,20-21,23-24,29H,5-6,8-14,16-17,28H2,1-4H3;1H4;4*1H2/t18-,20?,21?,23?,24+;;;;;/m0...../s1. The van der Waals surface area contributed by atoms with Crippen LogP contribution in [0.25, 0.3) is 0 Å². The van der Waals surface area contributed by atoms with E-state index in [0.29, 0.717) is 17.2 Å². The monoisotopic (exact) mass is 569 g/mol. The van der Waals surface area contributed by atoms with Gasteiger partial charge in [-0.05, 0) is 79.8 Å². The van der Waals surface area contributed by atoms with Crippen LogP contribution in [0.5, 0.6) is 0 Å². The van der Waals surface area contributed by atoms with E-state index in [1.54, 1.807) is 0 Å². The summed E-state index contributed by atoms with van der Waals surface area (Å²) in [4.78, 5) is 17.1. The molecule has 2 fully saturated rings. The number of hydrogen-bond donors (Lipinski definition) is 2. The van der Waals surface area contributed by atoms with Gasteiger partial charge in [-0.3, -0.25) is 9.93 Å². The van der Waals surface area contributed by atoms with Crippen LogP contribution in [-0.2, 0) is 4.79 Å². The zero-order valence-corrected chi connectivity index (χ0v) is 24.1. The zero-order chi connectivity index (χ0) is 23.3. The Hall–Kier alpha value is -0.650. The van der Waals surface area contributed by atoms with Crippen molar-refractivity contribution >= 4 is 29.5 Å². The predicted octanol–water partition coefficient (Wildman–Crippen LogP) is 3.21. The molecule has 0 radical (unpaired) electrons. The van der Waals surface area contributed by atoms with Crippen LogP contribution in [0.15, 0.2) is 22.6 Å². The SMILES string of the molecule is C.CC[C@H](C)[C@@H](NCC1=CCCC(SN)=C1)C(=O)N1CCC(C2CCC(Cl)CC2)C(C)(C)C1.O.O.O.O. The Morgan fingerprint density at radius 3 is 2.35 bits per heavy atom. The zero-order valence-electron chi connectivity index (χ0n) is 22.5. The van der Waals surface area contributed by atoms with Gasteiger partial charge in [0.15, 0.2) is 0 Å². The molecule has 2 aliphatic carbocycles. The summed E-state index contributed by atoms with van der Waals surface area (Å²) in [6.45, 7) is 11.6. The van der Waals surface area contributed by atoms with Gasteiger partial charge in [0.25, 0.3) is 0 Å². The number of halogens is 1. The number of carbonyl (C=O) groups is 1. The molecule has 3 rings (SSSR count). The van der Waals surface area contributed by atoms with Gasteiger partial charge >= 0.3 is 0 Å². The van der Waals surface area contributed by atoms with E-state index in [-0.39, 0.29) is 46.7 Å². The third-order valence-corrected chi connectivity index (χ3v) is 9.26. The lowest BCUT2D eigenvalue weighted by Crippen LogP contribution is -2.56. The first-order chi connectivity index (χ1) is 15.2. The maximum absolute atomic E-state index is 13.7. The van der Waals surface area contributed by atoms with E-state index in [0.717, 1.165) is 64.1 Å². The summed E-state index contributed by atoms with van der Waals surface area (Å²) in [7, 11) is 0. The van der Waals surface area contributed by atoms with E-state index in [2.05, 4.69) is 50.1 Å². The summed E-state index contributed by atoms with van der Waals surface area (Å²) < 4.78 is 0. The highest BCUT2D eigenvalue weighted by Crippen LogP contribution is 2.45. The minimum absolute atomic E-state index is 0. The molecule has 1 aliphatic heterocycles. The third-order valence-electron chi connectivity index (χ3n) is 8.19. The number of nitrogens with two attached hydrogens (primary N) is 1. The van der Waals surface area contributed by atoms with E-state index in [9.17, 15) is 4.79 Å². The minimum Gasteiger partial charge on any atom is -0.412 e. The molecule has 0 aromatic heterocycles. The lowest BCUT2D eigenvalue weighted by Gasteiger charge is -2.49. The van der Waals surface area contributed by atoms with E-state index < -0.39 is 0 Å². The molecule has 3 atom stereocenters. The van der Waals surface area contributed by atoms with Gasteiger partial charge in [-0.2, -0.15) is 0 Å². The molecule has 1 heterocycles. The Labute approximate surface area is 234 Å². The van der Waals surface area contributed by atoms with Crippen LogP contribution in [0, 0.1) is 23.2 Å². The number of allylic oxidation sites excluding steroid dienone is 2. The normalized spacial score (nSPS) is 26.2. The highest BCUT2D eigenvalue weighted by Gasteiger charge is 2.43. The maximum atomic E-state index is 13.7. The fourth-order valence-corrected chi connectivity index (χ4v) is 6.77. The minimum atomic E-state index is -0.135. The molecule has 8 nitrogen and oxygen atoms in total. The first kappa shape index (κ1) is 40.8. The Balaban J connectivity index is -0.00000231. The number of nitrogens with one attached hydrogen (secondary N) is 1. The molecule has 10 heteroatoms. The van der Waals surface area contributed by atoms with E-state index in [1.807, 2.05) is 0 Å². The van der Waals surface area contributed by atoms with Gasteiger partial charge in [0.1, 0.15) is 0 Å². The molecular weight excluding hydrogens is 514 g/mol. The molecular formula is C27H56ClN3O5S. The van der Waals surface area contributed by atoms with Crippen molar-refractivity contribution in [3.63, 3.8) is 0 Å². The van der Waals surface area contributed by atoms with Crippen LogP contribution in [-0.4, -0.2) is 63.8 Å². The Kier molecular flexibility index (Phi) is 20.5. The molecule has 1 saturated heterocycles. The van der Waals surface area contributed by atoms with Gasteiger partial charge < -0.3 is 32.1 Å². The smallest absolute Gasteiger partial charge is 0.240 e. The quantitative estimate of drug-likeness (QED) is 0.336. The van der Waals surface area contributed by atoms with Crippen molar-refractivity contribution in [1.29, 1.82) is 0 Å². The van der Waals surface area contributed by atoms with E-state index in [1.165, 1.54) is 35.3 Å². The average molecular weight is 570 g/mol. The number of amides is 1. The second-order valence-corrected chi connectivity index (χ2v) is 12.3. The van der Waals surface area contributed by atoms with E-state index >= 15 is 0 Å². The largest absolute Gasteiger partial charge is 0.412 e. The predicted molar refractivity (Wildman–Crippen MR) is 160 cm³/mol. The van der Waals surface area contributed by atoms with Gasteiger partial charge in [-0.1, -0.05) is 59.6 Å². The number of alkyl halides is 1. The number of nitrogens with zero attached hydrogens (tertiary/aromatic N) is 1. The Morgan fingerprint density at radius 1 is 1.19 bits per heavy atom. The fraction of sp³-hybridized carbons (Fsp3) is 0.815. The summed E-state index contributed by atoms with van der Waals surface area (Å²) >= 11 is 7.71. The van der Waals surface area contributed by atoms with Gasteiger partial charge in [0.05, 0.1) is 6.04 Å². The van der Waals surface area contributed by atoms with Crippen LogP contribution in [0.2, 0.25) is 0 Å². The van der Waals surface area contributed by atoms with Crippen molar-refractivity contribution in [2.24, 2.45) is 28.3 Å². The number of hydrogen-bond acceptors (Lipinski definition) is 4. The highest BCUT2D eigenvalue weighted by atomic mass is 35.5. The van der Waals surface area contributed by atoms with E-state index in [4.69, 9.17) is 16.7 Å². The number of piperidine rings is 1. The molecule has 1 saturated carbocycles. The first-order valence-electron chi connectivity index (χ1n) is 12.7. The molecule has 0 aromatic carbocycles. The molecule has 0 bridgehead atoms. The van der Waals surface area contributed by atoms with Gasteiger partial charge in [-0.25, -0.2) is 0 Å². The second kappa shape index (κ2) is 18.6. The first-order valence-corrected chi connectivity index (χ1v) is 14.0. The topological polar surface area (TPSA) is 184 Å². The van der Waals surface area contributed by atoms with Crippen LogP contribution in [0.3, 0.4) is 0 Å². The van der Waals surface area contributed by atoms with Crippen LogP contribution < -0.4 is 10.5 Å². The number of carbonyl (C=O) groups excluding carboxylic acids is 1. The number of likely N-dealkylation sites (tertiary alicyclic amines) is 1. The molecule has 0 spiro atoms. The lowest BCUT2D eigenvalue weighted by atomic mass is 9.64. The highest BCUT2D eigenvalue weighted by molar-refractivity contribution is 8.00. The lowest BCUT2D eigenvalue weighted by molar-refractivity contribution is -0.140.